The smallest absolute Gasteiger partial charge is 0.241 e. The number of anilines is 2. The summed E-state index contributed by atoms with van der Waals surface area (Å²) in [5.74, 6) is -0.655. The van der Waals surface area contributed by atoms with Gasteiger partial charge in [-0.2, -0.15) is 0 Å². The van der Waals surface area contributed by atoms with Gasteiger partial charge in [-0.05, 0) is 51.3 Å². The quantitative estimate of drug-likeness (QED) is 0.839. The van der Waals surface area contributed by atoms with Crippen LogP contribution in [0.15, 0.2) is 18.2 Å². The fourth-order valence-corrected chi connectivity index (χ4v) is 3.22. The summed E-state index contributed by atoms with van der Waals surface area (Å²) in [5.41, 5.74) is 6.21. The number of nitrogen functional groups attached to an aromatic ring is 1. The lowest BCUT2D eigenvalue weighted by atomic mass is 10.1. The van der Waals surface area contributed by atoms with Gasteiger partial charge in [0.05, 0.1) is 11.7 Å². The molecule has 3 atom stereocenters. The first kappa shape index (κ1) is 15.8. The number of nitrogens with one attached hydrogen (secondary N) is 1. The molecule has 0 bridgehead atoms. The van der Waals surface area contributed by atoms with E-state index in [-0.39, 0.29) is 17.6 Å². The molecule has 0 spiro atoms. The van der Waals surface area contributed by atoms with Crippen LogP contribution >= 0.6 is 0 Å². The maximum atomic E-state index is 13.7. The number of halogens is 1. The summed E-state index contributed by atoms with van der Waals surface area (Å²) in [6.07, 6.45) is 3.24. The third kappa shape index (κ3) is 3.35. The summed E-state index contributed by atoms with van der Waals surface area (Å²) in [6.45, 7) is 6.16. The van der Waals surface area contributed by atoms with Crippen LogP contribution in [0.3, 0.4) is 0 Å². The number of nitrogens with zero attached hydrogens (tertiary/aromatic N) is 1. The lowest BCUT2D eigenvalue weighted by Gasteiger charge is -2.32. The summed E-state index contributed by atoms with van der Waals surface area (Å²) >= 11 is 0. The first-order valence-electron chi connectivity index (χ1n) is 7.57. The van der Waals surface area contributed by atoms with Crippen LogP contribution in [0, 0.1) is 5.82 Å². The van der Waals surface area contributed by atoms with Gasteiger partial charge in [0, 0.05) is 17.8 Å². The SMILES string of the molecule is CCC1CCC(C)N1C(C)C(=O)Nc1cc(N)ccc1F. The van der Waals surface area contributed by atoms with Crippen molar-refractivity contribution in [1.82, 2.24) is 4.90 Å². The van der Waals surface area contributed by atoms with Crippen molar-refractivity contribution in [3.05, 3.63) is 24.0 Å². The molecule has 1 aliphatic heterocycles. The van der Waals surface area contributed by atoms with Crippen LogP contribution in [-0.2, 0) is 4.79 Å². The Labute approximate surface area is 125 Å². The van der Waals surface area contributed by atoms with Crippen LogP contribution in [0.2, 0.25) is 0 Å². The highest BCUT2D eigenvalue weighted by atomic mass is 19.1. The Kier molecular flexibility index (Phi) is 4.83. The van der Waals surface area contributed by atoms with Crippen molar-refractivity contribution in [2.45, 2.75) is 58.2 Å². The highest BCUT2D eigenvalue weighted by molar-refractivity contribution is 5.95. The molecule has 5 heteroatoms. The predicted octanol–water partition coefficient (Wildman–Crippen LogP) is 3.00. The third-order valence-corrected chi connectivity index (χ3v) is 4.39. The van der Waals surface area contributed by atoms with E-state index in [1.54, 1.807) is 0 Å². The normalized spacial score (nSPS) is 24.0. The van der Waals surface area contributed by atoms with Gasteiger partial charge in [-0.25, -0.2) is 4.39 Å². The Morgan fingerprint density at radius 3 is 2.90 bits per heavy atom. The van der Waals surface area contributed by atoms with Crippen molar-refractivity contribution >= 4 is 17.3 Å². The number of likely N-dealkylation sites (tertiary alicyclic amines) is 1. The van der Waals surface area contributed by atoms with Crippen LogP contribution < -0.4 is 11.1 Å². The fraction of sp³-hybridized carbons (Fsp3) is 0.562. The molecule has 1 aromatic rings. The lowest BCUT2D eigenvalue weighted by Crippen LogP contribution is -2.47. The number of hydrogen-bond donors (Lipinski definition) is 2. The molecular formula is C16H24FN3O. The van der Waals surface area contributed by atoms with Gasteiger partial charge in [-0.1, -0.05) is 6.92 Å². The Bertz CT molecular complexity index is 520. The molecule has 0 radical (unpaired) electrons. The maximum absolute atomic E-state index is 13.7. The van der Waals surface area contributed by atoms with Crippen LogP contribution in [0.4, 0.5) is 15.8 Å². The standard InChI is InChI=1S/C16H24FN3O/c1-4-13-7-5-10(2)20(13)11(3)16(21)19-15-9-12(18)6-8-14(15)17/h6,8-11,13H,4-5,7,18H2,1-3H3,(H,19,21). The molecule has 0 aromatic heterocycles. The van der Waals surface area contributed by atoms with Gasteiger partial charge in [0.15, 0.2) is 0 Å². The van der Waals surface area contributed by atoms with Crippen molar-refractivity contribution in [2.75, 3.05) is 11.1 Å². The second-order valence-electron chi connectivity index (χ2n) is 5.84. The monoisotopic (exact) mass is 293 g/mol. The van der Waals surface area contributed by atoms with Crippen LogP contribution in [-0.4, -0.2) is 28.9 Å². The molecule has 1 saturated heterocycles. The highest BCUT2D eigenvalue weighted by Gasteiger charge is 2.35. The summed E-state index contributed by atoms with van der Waals surface area (Å²) in [5, 5.41) is 2.66. The number of nitrogens with two attached hydrogens (primary N) is 1. The number of carbonyl (C=O) groups is 1. The van der Waals surface area contributed by atoms with E-state index in [2.05, 4.69) is 24.1 Å². The van der Waals surface area contributed by atoms with E-state index in [9.17, 15) is 9.18 Å². The molecule has 2 rings (SSSR count). The summed E-state index contributed by atoms with van der Waals surface area (Å²) in [7, 11) is 0. The topological polar surface area (TPSA) is 58.4 Å². The number of carbonyl (C=O) groups excluding carboxylic acids is 1. The van der Waals surface area contributed by atoms with E-state index in [1.165, 1.54) is 18.2 Å². The Morgan fingerprint density at radius 1 is 1.52 bits per heavy atom. The van der Waals surface area contributed by atoms with Gasteiger partial charge in [0.25, 0.3) is 0 Å². The molecule has 1 amide bonds. The second kappa shape index (κ2) is 6.43. The average molecular weight is 293 g/mol. The van der Waals surface area contributed by atoms with Crippen molar-refractivity contribution in [3.8, 4) is 0 Å². The zero-order valence-corrected chi connectivity index (χ0v) is 12.9. The van der Waals surface area contributed by atoms with Crippen LogP contribution in [0.5, 0.6) is 0 Å². The first-order chi connectivity index (χ1) is 9.93. The van der Waals surface area contributed by atoms with Crippen LogP contribution in [0.25, 0.3) is 0 Å². The molecule has 3 N–H and O–H groups in total. The average Bonchev–Trinajstić information content (AvgIpc) is 2.83. The van der Waals surface area contributed by atoms with E-state index < -0.39 is 5.82 Å². The number of hydrogen-bond acceptors (Lipinski definition) is 3. The number of rotatable bonds is 4. The molecule has 3 unspecified atom stereocenters. The molecule has 21 heavy (non-hydrogen) atoms. The van der Waals surface area contributed by atoms with Gasteiger partial charge in [0.1, 0.15) is 5.82 Å². The predicted molar refractivity (Wildman–Crippen MR) is 83.5 cm³/mol. The second-order valence-corrected chi connectivity index (χ2v) is 5.84. The largest absolute Gasteiger partial charge is 0.399 e. The molecule has 1 aliphatic rings. The van der Waals surface area contributed by atoms with E-state index >= 15 is 0 Å². The third-order valence-electron chi connectivity index (χ3n) is 4.39. The van der Waals surface area contributed by atoms with Crippen molar-refractivity contribution < 1.29 is 9.18 Å². The minimum Gasteiger partial charge on any atom is -0.399 e. The van der Waals surface area contributed by atoms with Gasteiger partial charge in [0.2, 0.25) is 5.91 Å². The van der Waals surface area contributed by atoms with E-state index in [4.69, 9.17) is 5.73 Å². The van der Waals surface area contributed by atoms with Crippen molar-refractivity contribution in [3.63, 3.8) is 0 Å². The minimum absolute atomic E-state index is 0.145. The van der Waals surface area contributed by atoms with Gasteiger partial charge < -0.3 is 11.1 Å². The molecule has 116 valence electrons. The van der Waals surface area contributed by atoms with Gasteiger partial charge in [-0.15, -0.1) is 0 Å². The van der Waals surface area contributed by atoms with E-state index in [0.29, 0.717) is 17.8 Å². The van der Waals surface area contributed by atoms with E-state index in [0.717, 1.165) is 19.3 Å². The first-order valence-corrected chi connectivity index (χ1v) is 7.57. The van der Waals surface area contributed by atoms with E-state index in [1.807, 2.05) is 6.92 Å². The maximum Gasteiger partial charge on any atom is 0.241 e. The van der Waals surface area contributed by atoms with Gasteiger partial charge in [-0.3, -0.25) is 9.69 Å². The zero-order chi connectivity index (χ0) is 15.6. The number of benzene rings is 1. The van der Waals surface area contributed by atoms with Crippen LogP contribution in [0.1, 0.15) is 40.0 Å². The van der Waals surface area contributed by atoms with Crippen molar-refractivity contribution in [1.29, 1.82) is 0 Å². The minimum atomic E-state index is -0.466. The molecule has 0 saturated carbocycles. The molecule has 0 aliphatic carbocycles. The molecule has 1 fully saturated rings. The Hall–Kier alpha value is -1.62. The lowest BCUT2D eigenvalue weighted by molar-refractivity contribution is -0.121. The Morgan fingerprint density at radius 2 is 2.24 bits per heavy atom. The fourth-order valence-electron chi connectivity index (χ4n) is 3.22. The zero-order valence-electron chi connectivity index (χ0n) is 12.9. The summed E-state index contributed by atoms with van der Waals surface area (Å²) in [4.78, 5) is 14.6. The number of amides is 1. The summed E-state index contributed by atoms with van der Waals surface area (Å²) in [6, 6.07) is 4.71. The highest BCUT2D eigenvalue weighted by Crippen LogP contribution is 2.29. The summed E-state index contributed by atoms with van der Waals surface area (Å²) < 4.78 is 13.7. The molecule has 1 aromatic carbocycles. The molecule has 1 heterocycles. The van der Waals surface area contributed by atoms with Crippen molar-refractivity contribution in [2.24, 2.45) is 0 Å². The molecule has 4 nitrogen and oxygen atoms in total. The Balaban J connectivity index is 2.10. The van der Waals surface area contributed by atoms with Gasteiger partial charge >= 0.3 is 0 Å². The molecular weight excluding hydrogens is 269 g/mol.